The van der Waals surface area contributed by atoms with Gasteiger partial charge in [0.05, 0.1) is 5.02 Å². The third kappa shape index (κ3) is 6.11. The van der Waals surface area contributed by atoms with Gasteiger partial charge in [-0.15, -0.1) is 0 Å². The fraction of sp³-hybridized carbons (Fsp3) is 0.192. The third-order valence-corrected chi connectivity index (χ3v) is 5.71. The Morgan fingerprint density at radius 1 is 0.892 bits per heavy atom. The molecule has 0 unspecified atom stereocenters. The van der Waals surface area contributed by atoms with Gasteiger partial charge in [0.2, 0.25) is 5.76 Å². The summed E-state index contributed by atoms with van der Waals surface area (Å²) in [5, 5.41) is 5.78. The molecule has 10 nitrogen and oxygen atoms in total. The molecule has 4 rings (SSSR count). The number of hydrogen-bond donors (Lipinski definition) is 2. The topological polar surface area (TPSA) is 121 Å². The SMILES string of the molecule is CN(C)CCN(C)C(=O)c1ccc(C(=O)Nc2c(C(=O)Nc3ccc(Cl)cn3)oc3cccnc23)cc1. The normalized spacial score (nSPS) is 10.9. The first-order valence-electron chi connectivity index (χ1n) is 11.3. The van der Waals surface area contributed by atoms with E-state index >= 15 is 0 Å². The number of anilines is 2. The maximum atomic E-state index is 13.1. The number of rotatable bonds is 8. The molecule has 0 radical (unpaired) electrons. The number of carbonyl (C=O) groups is 3. The number of benzene rings is 1. The molecule has 0 aliphatic rings. The zero-order valence-corrected chi connectivity index (χ0v) is 21.2. The summed E-state index contributed by atoms with van der Waals surface area (Å²) in [6, 6.07) is 12.7. The highest BCUT2D eigenvalue weighted by Gasteiger charge is 2.24. The molecule has 0 atom stereocenters. The number of nitrogens with zero attached hydrogens (tertiary/aromatic N) is 4. The van der Waals surface area contributed by atoms with Crippen LogP contribution in [0.4, 0.5) is 11.5 Å². The smallest absolute Gasteiger partial charge is 0.294 e. The Kier molecular flexibility index (Phi) is 7.80. The molecule has 4 aromatic rings. The molecular formula is C26H25ClN6O4. The predicted molar refractivity (Wildman–Crippen MR) is 141 cm³/mol. The van der Waals surface area contributed by atoms with E-state index in [-0.39, 0.29) is 23.2 Å². The van der Waals surface area contributed by atoms with Gasteiger partial charge in [-0.25, -0.2) is 4.98 Å². The monoisotopic (exact) mass is 520 g/mol. The Labute approximate surface area is 218 Å². The van der Waals surface area contributed by atoms with Crippen molar-refractivity contribution in [1.82, 2.24) is 19.8 Å². The van der Waals surface area contributed by atoms with Crippen LogP contribution in [0.3, 0.4) is 0 Å². The van der Waals surface area contributed by atoms with Crippen LogP contribution in [-0.2, 0) is 0 Å². The van der Waals surface area contributed by atoms with Gasteiger partial charge in [0.25, 0.3) is 17.7 Å². The van der Waals surface area contributed by atoms with E-state index < -0.39 is 11.8 Å². The number of hydrogen-bond acceptors (Lipinski definition) is 7. The van der Waals surface area contributed by atoms with Crippen LogP contribution in [0.15, 0.2) is 65.3 Å². The van der Waals surface area contributed by atoms with Crippen molar-refractivity contribution in [2.75, 3.05) is 44.9 Å². The van der Waals surface area contributed by atoms with E-state index in [0.717, 1.165) is 6.54 Å². The van der Waals surface area contributed by atoms with Gasteiger partial charge >= 0.3 is 0 Å². The van der Waals surface area contributed by atoms with Crippen LogP contribution in [0.25, 0.3) is 11.1 Å². The van der Waals surface area contributed by atoms with Crippen LogP contribution < -0.4 is 10.6 Å². The first-order valence-corrected chi connectivity index (χ1v) is 11.7. The summed E-state index contributed by atoms with van der Waals surface area (Å²) in [7, 11) is 5.61. The molecule has 0 aliphatic carbocycles. The van der Waals surface area contributed by atoms with E-state index in [0.29, 0.717) is 33.8 Å². The summed E-state index contributed by atoms with van der Waals surface area (Å²) in [4.78, 5) is 50.6. The first-order chi connectivity index (χ1) is 17.7. The second kappa shape index (κ2) is 11.2. The van der Waals surface area contributed by atoms with Gasteiger partial charge in [0, 0.05) is 43.7 Å². The zero-order valence-electron chi connectivity index (χ0n) is 20.5. The predicted octanol–water partition coefficient (Wildman–Crippen LogP) is 4.01. The molecule has 37 heavy (non-hydrogen) atoms. The Balaban J connectivity index is 1.54. The lowest BCUT2D eigenvalue weighted by molar-refractivity contribution is 0.0785. The van der Waals surface area contributed by atoms with Crippen LogP contribution in [0.5, 0.6) is 0 Å². The summed E-state index contributed by atoms with van der Waals surface area (Å²) in [5.41, 5.74) is 1.52. The lowest BCUT2D eigenvalue weighted by Crippen LogP contribution is -2.33. The lowest BCUT2D eigenvalue weighted by atomic mass is 10.1. The van der Waals surface area contributed by atoms with Crippen LogP contribution in [0.1, 0.15) is 31.3 Å². The average molecular weight is 521 g/mol. The fourth-order valence-corrected chi connectivity index (χ4v) is 3.56. The van der Waals surface area contributed by atoms with Crippen LogP contribution in [-0.4, -0.2) is 71.7 Å². The van der Waals surface area contributed by atoms with E-state index in [1.54, 1.807) is 60.5 Å². The molecule has 0 saturated heterocycles. The van der Waals surface area contributed by atoms with E-state index in [1.165, 1.54) is 12.4 Å². The van der Waals surface area contributed by atoms with Crippen molar-refractivity contribution < 1.29 is 18.8 Å². The summed E-state index contributed by atoms with van der Waals surface area (Å²) in [5.74, 6) is -1.13. The summed E-state index contributed by atoms with van der Waals surface area (Å²) >= 11 is 5.85. The number of amides is 3. The molecule has 0 aliphatic heterocycles. The van der Waals surface area contributed by atoms with Crippen molar-refractivity contribution in [2.24, 2.45) is 0 Å². The molecule has 190 valence electrons. The quantitative estimate of drug-likeness (QED) is 0.360. The minimum Gasteiger partial charge on any atom is -0.447 e. The molecule has 0 fully saturated rings. The van der Waals surface area contributed by atoms with Gasteiger partial charge in [0.1, 0.15) is 17.0 Å². The number of likely N-dealkylation sites (N-methyl/N-ethyl adjacent to an activating group) is 2. The molecule has 0 saturated carbocycles. The number of furan rings is 1. The van der Waals surface area contributed by atoms with Crippen molar-refractivity contribution in [3.05, 3.63) is 82.8 Å². The average Bonchev–Trinajstić information content (AvgIpc) is 3.26. The summed E-state index contributed by atoms with van der Waals surface area (Å²) < 4.78 is 5.71. The van der Waals surface area contributed by atoms with Crippen molar-refractivity contribution >= 4 is 51.9 Å². The van der Waals surface area contributed by atoms with E-state index in [2.05, 4.69) is 20.6 Å². The van der Waals surface area contributed by atoms with Gasteiger partial charge in [0.15, 0.2) is 5.58 Å². The maximum Gasteiger partial charge on any atom is 0.294 e. The van der Waals surface area contributed by atoms with Gasteiger partial charge < -0.3 is 24.9 Å². The lowest BCUT2D eigenvalue weighted by Gasteiger charge is -2.19. The molecule has 3 amide bonds. The Morgan fingerprint density at radius 2 is 1.62 bits per heavy atom. The molecule has 3 aromatic heterocycles. The van der Waals surface area contributed by atoms with Gasteiger partial charge in [-0.1, -0.05) is 11.6 Å². The molecule has 3 heterocycles. The highest BCUT2D eigenvalue weighted by atomic mass is 35.5. The van der Waals surface area contributed by atoms with Gasteiger partial charge in [-0.3, -0.25) is 19.4 Å². The number of aromatic nitrogens is 2. The number of fused-ring (bicyclic) bond motifs is 1. The van der Waals surface area contributed by atoms with Crippen LogP contribution >= 0.6 is 11.6 Å². The molecule has 0 spiro atoms. The minimum atomic E-state index is -0.621. The van der Waals surface area contributed by atoms with E-state index in [4.69, 9.17) is 16.0 Å². The van der Waals surface area contributed by atoms with Crippen molar-refractivity contribution in [2.45, 2.75) is 0 Å². The number of nitrogens with one attached hydrogen (secondary N) is 2. The third-order valence-electron chi connectivity index (χ3n) is 5.48. The van der Waals surface area contributed by atoms with Crippen LogP contribution in [0, 0.1) is 0 Å². The first kappa shape index (κ1) is 25.8. The van der Waals surface area contributed by atoms with Crippen molar-refractivity contribution in [1.29, 1.82) is 0 Å². The zero-order chi connectivity index (χ0) is 26.5. The molecule has 2 N–H and O–H groups in total. The number of halogens is 1. The molecular weight excluding hydrogens is 496 g/mol. The van der Waals surface area contributed by atoms with E-state index in [1.807, 2.05) is 19.0 Å². The molecule has 0 bridgehead atoms. The highest BCUT2D eigenvalue weighted by Crippen LogP contribution is 2.30. The second-order valence-corrected chi connectivity index (χ2v) is 8.97. The van der Waals surface area contributed by atoms with E-state index in [9.17, 15) is 14.4 Å². The molecule has 11 heteroatoms. The number of carbonyl (C=O) groups excluding carboxylic acids is 3. The van der Waals surface area contributed by atoms with Crippen LogP contribution in [0.2, 0.25) is 5.02 Å². The second-order valence-electron chi connectivity index (χ2n) is 8.53. The van der Waals surface area contributed by atoms with Gasteiger partial charge in [-0.2, -0.15) is 0 Å². The highest BCUT2D eigenvalue weighted by molar-refractivity contribution is 6.30. The van der Waals surface area contributed by atoms with Gasteiger partial charge in [-0.05, 0) is 62.6 Å². The standard InChI is InChI=1S/C26H25ClN6O4/c1-32(2)13-14-33(3)26(36)17-8-6-16(7-9-17)24(34)31-22-21-19(5-4-12-28-21)37-23(22)25(35)30-20-11-10-18(27)15-29-20/h4-12,15H,13-14H2,1-3H3,(H,31,34)(H,29,30,35). The largest absolute Gasteiger partial charge is 0.447 e. The molecule has 1 aromatic carbocycles. The Hall–Kier alpha value is -4.28. The summed E-state index contributed by atoms with van der Waals surface area (Å²) in [6.45, 7) is 1.31. The number of pyridine rings is 2. The maximum absolute atomic E-state index is 13.1. The minimum absolute atomic E-state index is 0.121. The fourth-order valence-electron chi connectivity index (χ4n) is 3.45. The Morgan fingerprint density at radius 3 is 2.30 bits per heavy atom. The Bertz CT molecular complexity index is 1430. The van der Waals surface area contributed by atoms with Crippen molar-refractivity contribution in [3.63, 3.8) is 0 Å². The summed E-state index contributed by atoms with van der Waals surface area (Å²) in [6.07, 6.45) is 2.93. The van der Waals surface area contributed by atoms with Crippen molar-refractivity contribution in [3.8, 4) is 0 Å².